The number of aromatic nitrogens is 5. The van der Waals surface area contributed by atoms with Crippen molar-refractivity contribution in [2.75, 3.05) is 31.6 Å². The van der Waals surface area contributed by atoms with Gasteiger partial charge in [0.1, 0.15) is 17.8 Å². The SMILES string of the molecule is CCN1CCO[C@@H](CNc2ncnc3[nH]ccc23)[C@@H]1c1cnn(C)c1. The molecule has 1 aliphatic heterocycles. The Labute approximate surface area is 146 Å². The highest BCUT2D eigenvalue weighted by atomic mass is 16.5. The van der Waals surface area contributed by atoms with Crippen LogP contribution in [0.5, 0.6) is 0 Å². The summed E-state index contributed by atoms with van der Waals surface area (Å²) in [4.78, 5) is 14.2. The lowest BCUT2D eigenvalue weighted by Crippen LogP contribution is -2.47. The minimum absolute atomic E-state index is 0.0295. The molecule has 132 valence electrons. The van der Waals surface area contributed by atoms with Gasteiger partial charge in [0.15, 0.2) is 0 Å². The van der Waals surface area contributed by atoms with Gasteiger partial charge in [-0.1, -0.05) is 6.92 Å². The van der Waals surface area contributed by atoms with E-state index >= 15 is 0 Å². The fraction of sp³-hybridized carbons (Fsp3) is 0.471. The number of rotatable bonds is 5. The number of aromatic amines is 1. The minimum atomic E-state index is 0.0295. The summed E-state index contributed by atoms with van der Waals surface area (Å²) >= 11 is 0. The zero-order chi connectivity index (χ0) is 17.2. The summed E-state index contributed by atoms with van der Waals surface area (Å²) in [7, 11) is 1.94. The van der Waals surface area contributed by atoms with Crippen LogP contribution in [-0.2, 0) is 11.8 Å². The van der Waals surface area contributed by atoms with Crippen molar-refractivity contribution in [3.63, 3.8) is 0 Å². The molecule has 0 aromatic carbocycles. The Balaban J connectivity index is 1.55. The molecule has 3 aromatic rings. The number of morpholine rings is 1. The highest BCUT2D eigenvalue weighted by molar-refractivity contribution is 5.86. The number of aryl methyl sites for hydroxylation is 1. The van der Waals surface area contributed by atoms with Crippen molar-refractivity contribution < 1.29 is 4.74 Å². The molecule has 25 heavy (non-hydrogen) atoms. The number of H-pyrrole nitrogens is 1. The van der Waals surface area contributed by atoms with Crippen LogP contribution in [-0.4, -0.2) is 62.0 Å². The van der Waals surface area contributed by atoms with Crippen molar-refractivity contribution in [1.29, 1.82) is 0 Å². The Kier molecular flexibility index (Phi) is 4.37. The number of hydrogen-bond acceptors (Lipinski definition) is 6. The second-order valence-corrected chi connectivity index (χ2v) is 6.27. The van der Waals surface area contributed by atoms with E-state index in [2.05, 4.69) is 43.4 Å². The molecule has 0 bridgehead atoms. The Bertz CT molecular complexity index is 842. The molecule has 4 rings (SSSR count). The number of nitrogens with zero attached hydrogens (tertiary/aromatic N) is 5. The molecule has 0 spiro atoms. The van der Waals surface area contributed by atoms with E-state index in [4.69, 9.17) is 4.74 Å². The van der Waals surface area contributed by atoms with E-state index < -0.39 is 0 Å². The van der Waals surface area contributed by atoms with Crippen molar-refractivity contribution >= 4 is 16.9 Å². The molecule has 0 aliphatic carbocycles. The fourth-order valence-corrected chi connectivity index (χ4v) is 3.54. The quantitative estimate of drug-likeness (QED) is 0.733. The lowest BCUT2D eigenvalue weighted by Gasteiger charge is -2.40. The molecule has 8 heteroatoms. The predicted octanol–water partition coefficient (Wildman–Crippen LogP) is 1.57. The zero-order valence-corrected chi connectivity index (χ0v) is 14.5. The highest BCUT2D eigenvalue weighted by Crippen LogP contribution is 2.29. The van der Waals surface area contributed by atoms with Crippen molar-refractivity contribution in [2.24, 2.45) is 7.05 Å². The maximum absolute atomic E-state index is 6.11. The van der Waals surface area contributed by atoms with Crippen LogP contribution < -0.4 is 5.32 Å². The molecular weight excluding hydrogens is 318 g/mol. The van der Waals surface area contributed by atoms with E-state index in [1.54, 1.807) is 6.33 Å². The van der Waals surface area contributed by atoms with Crippen LogP contribution in [0.4, 0.5) is 5.82 Å². The molecule has 0 radical (unpaired) electrons. The number of nitrogens with one attached hydrogen (secondary N) is 2. The second-order valence-electron chi connectivity index (χ2n) is 6.27. The van der Waals surface area contributed by atoms with E-state index in [0.717, 1.165) is 36.5 Å². The first-order valence-electron chi connectivity index (χ1n) is 8.62. The lowest BCUT2D eigenvalue weighted by atomic mass is 10.0. The van der Waals surface area contributed by atoms with Crippen molar-refractivity contribution in [3.05, 3.63) is 36.5 Å². The van der Waals surface area contributed by atoms with Gasteiger partial charge in [-0.3, -0.25) is 9.58 Å². The molecule has 1 saturated heterocycles. The lowest BCUT2D eigenvalue weighted by molar-refractivity contribution is -0.0639. The molecule has 0 amide bonds. The number of fused-ring (bicyclic) bond motifs is 1. The van der Waals surface area contributed by atoms with Gasteiger partial charge in [0.2, 0.25) is 0 Å². The Morgan fingerprint density at radius 3 is 3.12 bits per heavy atom. The standard InChI is InChI=1S/C17H23N7O/c1-3-24-6-7-25-14(15(24)12-8-22-23(2)10-12)9-19-17-13-4-5-18-16(13)20-11-21-17/h4-5,8,10-11,14-15H,3,6-7,9H2,1-2H3,(H2,18,19,20,21)/t14-,15-/m0/s1. The third kappa shape index (κ3) is 3.10. The van der Waals surface area contributed by atoms with Gasteiger partial charge in [-0.05, 0) is 12.6 Å². The maximum Gasteiger partial charge on any atom is 0.142 e. The summed E-state index contributed by atoms with van der Waals surface area (Å²) < 4.78 is 7.95. The van der Waals surface area contributed by atoms with Crippen LogP contribution in [0.1, 0.15) is 18.5 Å². The van der Waals surface area contributed by atoms with Crippen LogP contribution in [0.15, 0.2) is 31.0 Å². The molecular formula is C17H23N7O. The van der Waals surface area contributed by atoms with Gasteiger partial charge in [0.05, 0.1) is 30.3 Å². The van der Waals surface area contributed by atoms with Gasteiger partial charge in [0.25, 0.3) is 0 Å². The van der Waals surface area contributed by atoms with E-state index in [1.807, 2.05) is 30.2 Å². The molecule has 1 aliphatic rings. The number of anilines is 1. The van der Waals surface area contributed by atoms with E-state index in [-0.39, 0.29) is 12.1 Å². The fourth-order valence-electron chi connectivity index (χ4n) is 3.54. The summed E-state index contributed by atoms with van der Waals surface area (Å²) in [6.45, 7) is 5.51. The van der Waals surface area contributed by atoms with Crippen molar-refractivity contribution in [1.82, 2.24) is 29.6 Å². The summed E-state index contributed by atoms with van der Waals surface area (Å²) in [6.07, 6.45) is 7.48. The third-order valence-electron chi connectivity index (χ3n) is 4.75. The molecule has 2 atom stereocenters. The Hall–Kier alpha value is -2.45. The third-order valence-corrected chi connectivity index (χ3v) is 4.75. The normalized spacial score (nSPS) is 21.7. The average Bonchev–Trinajstić information content (AvgIpc) is 3.28. The van der Waals surface area contributed by atoms with Crippen LogP contribution in [0, 0.1) is 0 Å². The summed E-state index contributed by atoms with van der Waals surface area (Å²) in [6, 6.07) is 2.17. The van der Waals surface area contributed by atoms with Gasteiger partial charge in [-0.15, -0.1) is 0 Å². The molecule has 2 N–H and O–H groups in total. The van der Waals surface area contributed by atoms with Gasteiger partial charge < -0.3 is 15.0 Å². The van der Waals surface area contributed by atoms with Crippen molar-refractivity contribution in [2.45, 2.75) is 19.1 Å². The number of likely N-dealkylation sites (N-methyl/N-ethyl adjacent to an activating group) is 1. The van der Waals surface area contributed by atoms with Crippen LogP contribution >= 0.6 is 0 Å². The maximum atomic E-state index is 6.11. The van der Waals surface area contributed by atoms with Crippen molar-refractivity contribution in [3.8, 4) is 0 Å². The van der Waals surface area contributed by atoms with Crippen LogP contribution in [0.25, 0.3) is 11.0 Å². The summed E-state index contributed by atoms with van der Waals surface area (Å²) in [5.41, 5.74) is 2.02. The van der Waals surface area contributed by atoms with E-state index in [9.17, 15) is 0 Å². The predicted molar refractivity (Wildman–Crippen MR) is 95.3 cm³/mol. The first kappa shape index (κ1) is 16.0. The molecule has 1 fully saturated rings. The molecule has 4 heterocycles. The first-order chi connectivity index (χ1) is 12.3. The summed E-state index contributed by atoms with van der Waals surface area (Å²) in [5, 5.41) is 8.77. The van der Waals surface area contributed by atoms with Gasteiger partial charge in [-0.25, -0.2) is 9.97 Å². The van der Waals surface area contributed by atoms with Gasteiger partial charge in [-0.2, -0.15) is 5.10 Å². The van der Waals surface area contributed by atoms with Gasteiger partial charge >= 0.3 is 0 Å². The smallest absolute Gasteiger partial charge is 0.142 e. The minimum Gasteiger partial charge on any atom is -0.373 e. The monoisotopic (exact) mass is 341 g/mol. The van der Waals surface area contributed by atoms with Crippen LogP contribution in [0.3, 0.4) is 0 Å². The first-order valence-corrected chi connectivity index (χ1v) is 8.62. The van der Waals surface area contributed by atoms with E-state index in [0.29, 0.717) is 6.54 Å². The number of hydrogen-bond donors (Lipinski definition) is 2. The average molecular weight is 341 g/mol. The highest BCUT2D eigenvalue weighted by Gasteiger charge is 2.33. The largest absolute Gasteiger partial charge is 0.373 e. The van der Waals surface area contributed by atoms with Crippen LogP contribution in [0.2, 0.25) is 0 Å². The topological polar surface area (TPSA) is 83.9 Å². The zero-order valence-electron chi connectivity index (χ0n) is 14.5. The molecule has 0 saturated carbocycles. The Morgan fingerprint density at radius 1 is 1.40 bits per heavy atom. The molecule has 0 unspecified atom stereocenters. The molecule has 8 nitrogen and oxygen atoms in total. The van der Waals surface area contributed by atoms with E-state index in [1.165, 1.54) is 5.56 Å². The number of ether oxygens (including phenoxy) is 1. The summed E-state index contributed by atoms with van der Waals surface area (Å²) in [5.74, 6) is 0.827. The Morgan fingerprint density at radius 2 is 2.32 bits per heavy atom. The molecule has 3 aromatic heterocycles. The second kappa shape index (κ2) is 6.81. The van der Waals surface area contributed by atoms with Gasteiger partial charge in [0, 0.05) is 38.1 Å².